The molecule has 4 aromatic carbocycles. The summed E-state index contributed by atoms with van der Waals surface area (Å²) in [6, 6.07) is 37.7. The molecular formula is C32H31OP. The Balaban J connectivity index is 1.58. The van der Waals surface area contributed by atoms with Gasteiger partial charge >= 0.3 is 0 Å². The lowest BCUT2D eigenvalue weighted by atomic mass is 9.91. The van der Waals surface area contributed by atoms with E-state index in [1.54, 1.807) is 0 Å². The highest BCUT2D eigenvalue weighted by atomic mass is 31.1. The summed E-state index contributed by atoms with van der Waals surface area (Å²) in [5.41, 5.74) is 6.58. The van der Waals surface area contributed by atoms with Crippen LogP contribution >= 0.6 is 7.92 Å². The van der Waals surface area contributed by atoms with Crippen LogP contribution in [0.5, 0.6) is 0 Å². The average Bonchev–Trinajstić information content (AvgIpc) is 3.13. The topological polar surface area (TPSA) is 9.23 Å². The highest BCUT2D eigenvalue weighted by Crippen LogP contribution is 2.47. The summed E-state index contributed by atoms with van der Waals surface area (Å²) in [4.78, 5) is 0. The maximum atomic E-state index is 6.43. The maximum absolute atomic E-state index is 6.43. The molecule has 0 aromatic heterocycles. The van der Waals surface area contributed by atoms with Gasteiger partial charge in [-0.1, -0.05) is 103 Å². The minimum Gasteiger partial charge on any atom is -0.494 e. The molecule has 34 heavy (non-hydrogen) atoms. The third-order valence-corrected chi connectivity index (χ3v) is 8.94. The van der Waals surface area contributed by atoms with E-state index in [4.69, 9.17) is 4.74 Å². The molecule has 0 saturated heterocycles. The Hall–Kier alpha value is -3.15. The van der Waals surface area contributed by atoms with Crippen molar-refractivity contribution in [2.75, 3.05) is 0 Å². The van der Waals surface area contributed by atoms with Crippen LogP contribution in [-0.2, 0) is 4.74 Å². The van der Waals surface area contributed by atoms with Gasteiger partial charge < -0.3 is 4.74 Å². The normalized spacial score (nSPS) is 15.2. The van der Waals surface area contributed by atoms with Crippen LogP contribution in [0.25, 0.3) is 5.57 Å². The lowest BCUT2D eigenvalue weighted by Gasteiger charge is -2.23. The van der Waals surface area contributed by atoms with Crippen LogP contribution in [0, 0.1) is 6.92 Å². The van der Waals surface area contributed by atoms with Crippen molar-refractivity contribution in [2.24, 2.45) is 0 Å². The summed E-state index contributed by atoms with van der Waals surface area (Å²) in [6.07, 6.45) is 0.144. The molecule has 4 aromatic rings. The molecule has 1 unspecified atom stereocenters. The summed E-state index contributed by atoms with van der Waals surface area (Å²) in [7, 11) is -0.605. The standard InChI is InChI=1S/C32H31OP/c1-22(2)33-32-24(4)30-23(3)12-11-17-29(30)31(32)25-18-20-28(21-19-25)34(26-13-7-5-8-14-26)27-15-9-6-10-16-27/h5-22,31H,1-4H3. The molecule has 0 heterocycles. The van der Waals surface area contributed by atoms with Gasteiger partial charge in [0.25, 0.3) is 0 Å². The first-order valence-corrected chi connectivity index (χ1v) is 13.4. The van der Waals surface area contributed by atoms with E-state index in [1.165, 1.54) is 43.7 Å². The number of ether oxygens (including phenoxy) is 1. The van der Waals surface area contributed by atoms with Crippen LogP contribution in [0.15, 0.2) is 109 Å². The molecule has 0 aliphatic heterocycles. The second kappa shape index (κ2) is 9.61. The lowest BCUT2D eigenvalue weighted by Crippen LogP contribution is -2.20. The van der Waals surface area contributed by atoms with Crippen LogP contribution in [-0.4, -0.2) is 6.10 Å². The molecule has 1 aliphatic carbocycles. The lowest BCUT2D eigenvalue weighted by molar-refractivity contribution is 0.140. The van der Waals surface area contributed by atoms with Crippen molar-refractivity contribution in [3.8, 4) is 0 Å². The summed E-state index contributed by atoms with van der Waals surface area (Å²) in [5, 5.41) is 4.11. The second-order valence-electron chi connectivity index (χ2n) is 9.23. The van der Waals surface area contributed by atoms with E-state index in [0.717, 1.165) is 5.76 Å². The van der Waals surface area contributed by atoms with E-state index < -0.39 is 7.92 Å². The highest BCUT2D eigenvalue weighted by molar-refractivity contribution is 7.79. The molecule has 1 nitrogen and oxygen atoms in total. The number of fused-ring (bicyclic) bond motifs is 1. The van der Waals surface area contributed by atoms with Crippen molar-refractivity contribution < 1.29 is 4.74 Å². The number of hydrogen-bond donors (Lipinski definition) is 0. The van der Waals surface area contributed by atoms with Gasteiger partial charge in [-0.15, -0.1) is 0 Å². The second-order valence-corrected chi connectivity index (χ2v) is 11.4. The quantitative estimate of drug-likeness (QED) is 0.279. The largest absolute Gasteiger partial charge is 0.494 e. The number of allylic oxidation sites excluding steroid dienone is 2. The predicted octanol–water partition coefficient (Wildman–Crippen LogP) is 7.05. The van der Waals surface area contributed by atoms with Crippen molar-refractivity contribution in [1.29, 1.82) is 0 Å². The smallest absolute Gasteiger partial charge is 0.112 e. The summed E-state index contributed by atoms with van der Waals surface area (Å²) in [5.74, 6) is 1.24. The van der Waals surface area contributed by atoms with E-state index in [-0.39, 0.29) is 12.0 Å². The van der Waals surface area contributed by atoms with Gasteiger partial charge in [-0.3, -0.25) is 0 Å². The van der Waals surface area contributed by atoms with Crippen molar-refractivity contribution in [3.63, 3.8) is 0 Å². The Labute approximate surface area is 204 Å². The first-order valence-electron chi connectivity index (χ1n) is 12.0. The minimum absolute atomic E-state index is 0.144. The van der Waals surface area contributed by atoms with Crippen molar-refractivity contribution in [1.82, 2.24) is 0 Å². The predicted molar refractivity (Wildman–Crippen MR) is 147 cm³/mol. The first-order chi connectivity index (χ1) is 16.5. The van der Waals surface area contributed by atoms with Crippen LogP contribution in [0.3, 0.4) is 0 Å². The Morgan fingerprint density at radius 1 is 0.647 bits per heavy atom. The number of benzene rings is 4. The molecule has 1 aliphatic rings. The van der Waals surface area contributed by atoms with Crippen LogP contribution in [0.1, 0.15) is 48.9 Å². The molecule has 0 saturated carbocycles. The van der Waals surface area contributed by atoms with Gasteiger partial charge in [0.2, 0.25) is 0 Å². The van der Waals surface area contributed by atoms with E-state index in [9.17, 15) is 0 Å². The fourth-order valence-electron chi connectivity index (χ4n) is 5.08. The molecule has 0 spiro atoms. The Morgan fingerprint density at radius 2 is 1.21 bits per heavy atom. The Morgan fingerprint density at radius 3 is 1.76 bits per heavy atom. The van der Waals surface area contributed by atoms with Crippen molar-refractivity contribution >= 4 is 29.4 Å². The molecule has 5 rings (SSSR count). The first kappa shape index (κ1) is 22.6. The summed E-state index contributed by atoms with van der Waals surface area (Å²) in [6.45, 7) is 8.64. The molecule has 0 amide bonds. The fourth-order valence-corrected chi connectivity index (χ4v) is 7.36. The molecule has 0 bridgehead atoms. The Kier molecular flexibility index (Phi) is 6.40. The molecule has 0 radical (unpaired) electrons. The van der Waals surface area contributed by atoms with Gasteiger partial charge in [0.05, 0.1) is 12.0 Å². The number of rotatable bonds is 6. The number of hydrogen-bond acceptors (Lipinski definition) is 1. The molecule has 170 valence electrons. The molecule has 0 N–H and O–H groups in total. The van der Waals surface area contributed by atoms with E-state index >= 15 is 0 Å². The maximum Gasteiger partial charge on any atom is 0.112 e. The van der Waals surface area contributed by atoms with E-state index in [1.807, 2.05) is 0 Å². The molecule has 1 atom stereocenters. The van der Waals surface area contributed by atoms with Gasteiger partial charge in [-0.2, -0.15) is 0 Å². The SMILES string of the molecule is CC1=C(OC(C)C)C(c2ccc(P(c3ccccc3)c3ccccc3)cc2)c2cccc(C)c21. The van der Waals surface area contributed by atoms with Crippen molar-refractivity contribution in [2.45, 2.75) is 39.7 Å². The molecule has 0 fully saturated rings. The van der Waals surface area contributed by atoms with Gasteiger partial charge in [-0.25, -0.2) is 0 Å². The van der Waals surface area contributed by atoms with Crippen LogP contribution in [0.2, 0.25) is 0 Å². The highest BCUT2D eigenvalue weighted by Gasteiger charge is 2.33. The van der Waals surface area contributed by atoms with E-state index in [0.29, 0.717) is 0 Å². The molecule has 2 heteroatoms. The summed E-state index contributed by atoms with van der Waals surface area (Å²) < 4.78 is 6.43. The number of aryl methyl sites for hydroxylation is 1. The van der Waals surface area contributed by atoms with Crippen molar-refractivity contribution in [3.05, 3.63) is 131 Å². The van der Waals surface area contributed by atoms with Gasteiger partial charge in [0.1, 0.15) is 5.76 Å². The Bertz CT molecular complexity index is 1260. The average molecular weight is 463 g/mol. The third-order valence-electron chi connectivity index (χ3n) is 6.50. The van der Waals surface area contributed by atoms with E-state index in [2.05, 4.69) is 131 Å². The van der Waals surface area contributed by atoms with Gasteiger partial charge in [0.15, 0.2) is 0 Å². The summed E-state index contributed by atoms with van der Waals surface area (Å²) >= 11 is 0. The van der Waals surface area contributed by atoms with Crippen LogP contribution in [0.4, 0.5) is 0 Å². The van der Waals surface area contributed by atoms with Gasteiger partial charge in [0, 0.05) is 0 Å². The van der Waals surface area contributed by atoms with Crippen LogP contribution < -0.4 is 15.9 Å². The van der Waals surface area contributed by atoms with Gasteiger partial charge in [-0.05, 0) is 79.4 Å². The zero-order chi connectivity index (χ0) is 23.7. The zero-order valence-corrected chi connectivity index (χ0v) is 21.2. The third kappa shape index (κ3) is 4.22. The fraction of sp³-hybridized carbons (Fsp3) is 0.188. The minimum atomic E-state index is -0.605. The monoisotopic (exact) mass is 462 g/mol. The zero-order valence-electron chi connectivity index (χ0n) is 20.3. The molecular weight excluding hydrogens is 431 g/mol.